The summed E-state index contributed by atoms with van der Waals surface area (Å²) in [5.74, 6) is 0.746. The predicted molar refractivity (Wildman–Crippen MR) is 93.9 cm³/mol. The molecule has 1 aliphatic carbocycles. The zero-order valence-corrected chi connectivity index (χ0v) is 14.2. The number of halogens is 1. The molecule has 0 saturated heterocycles. The Bertz CT molecular complexity index is 857. The maximum atomic E-state index is 12.5. The highest BCUT2D eigenvalue weighted by atomic mass is 35.5. The van der Waals surface area contributed by atoms with Gasteiger partial charge >= 0.3 is 0 Å². The van der Waals surface area contributed by atoms with Gasteiger partial charge in [-0.15, -0.1) is 0 Å². The van der Waals surface area contributed by atoms with Crippen molar-refractivity contribution in [3.05, 3.63) is 58.3 Å². The molecule has 3 heterocycles. The third kappa shape index (κ3) is 3.15. The van der Waals surface area contributed by atoms with E-state index in [4.69, 9.17) is 11.6 Å². The maximum absolute atomic E-state index is 12.5. The number of hydrogen-bond acceptors (Lipinski definition) is 4. The third-order valence-electron chi connectivity index (χ3n) is 4.35. The molecular formula is C17H17ClN6O. The summed E-state index contributed by atoms with van der Waals surface area (Å²) in [6.45, 7) is 0.489. The monoisotopic (exact) mass is 356 g/mol. The van der Waals surface area contributed by atoms with E-state index in [2.05, 4.69) is 30.8 Å². The van der Waals surface area contributed by atoms with E-state index < -0.39 is 0 Å². The standard InChI is InChI=1S/C17H17ClN6O/c18-11-9-21-24-15(11)16-14-12(4-1-5-13(14)25)22-17(23-16)20-8-10-3-2-6-19-7-10/h2-3,6-7,9,16H,1,4-5,8H2,(H,21,24)(H2,20,22,23). The molecule has 25 heavy (non-hydrogen) atoms. The number of aromatic nitrogens is 3. The molecule has 1 unspecified atom stereocenters. The van der Waals surface area contributed by atoms with Gasteiger partial charge in [0.1, 0.15) is 6.04 Å². The highest BCUT2D eigenvalue weighted by Crippen LogP contribution is 2.35. The zero-order chi connectivity index (χ0) is 17.2. The van der Waals surface area contributed by atoms with Gasteiger partial charge < -0.3 is 10.6 Å². The molecule has 4 rings (SSSR count). The second-order valence-corrected chi connectivity index (χ2v) is 6.44. The van der Waals surface area contributed by atoms with E-state index in [9.17, 15) is 4.79 Å². The molecule has 0 saturated carbocycles. The van der Waals surface area contributed by atoms with Gasteiger partial charge in [0.05, 0.1) is 23.5 Å². The molecule has 1 atom stereocenters. The van der Waals surface area contributed by atoms with Crippen molar-refractivity contribution in [2.24, 2.45) is 4.99 Å². The van der Waals surface area contributed by atoms with Crippen molar-refractivity contribution in [3.63, 3.8) is 0 Å². The van der Waals surface area contributed by atoms with E-state index in [-0.39, 0.29) is 11.8 Å². The van der Waals surface area contributed by atoms with Crippen LogP contribution in [0.15, 0.2) is 47.0 Å². The summed E-state index contributed by atoms with van der Waals surface area (Å²) in [5, 5.41) is 13.9. The lowest BCUT2D eigenvalue weighted by molar-refractivity contribution is -0.116. The molecule has 3 N–H and O–H groups in total. The Hall–Kier alpha value is -2.67. The van der Waals surface area contributed by atoms with E-state index in [1.54, 1.807) is 18.6 Å². The summed E-state index contributed by atoms with van der Waals surface area (Å²) >= 11 is 6.24. The Morgan fingerprint density at radius 3 is 3.00 bits per heavy atom. The summed E-state index contributed by atoms with van der Waals surface area (Å²) in [6.07, 6.45) is 7.26. The fraction of sp³-hybridized carbons (Fsp3) is 0.294. The molecule has 0 aromatic carbocycles. The number of carbonyl (C=O) groups is 1. The molecule has 0 radical (unpaired) electrons. The van der Waals surface area contributed by atoms with E-state index in [0.29, 0.717) is 29.6 Å². The molecule has 0 spiro atoms. The van der Waals surface area contributed by atoms with Crippen LogP contribution in [0.25, 0.3) is 0 Å². The maximum Gasteiger partial charge on any atom is 0.196 e. The number of H-pyrrole nitrogens is 1. The van der Waals surface area contributed by atoms with Gasteiger partial charge in [-0.1, -0.05) is 17.7 Å². The molecule has 8 heteroatoms. The van der Waals surface area contributed by atoms with E-state index in [1.165, 1.54) is 0 Å². The largest absolute Gasteiger partial charge is 0.343 e. The van der Waals surface area contributed by atoms with Crippen LogP contribution in [0, 0.1) is 0 Å². The normalized spacial score (nSPS) is 21.7. The Kier molecular flexibility index (Phi) is 4.23. The van der Waals surface area contributed by atoms with E-state index >= 15 is 0 Å². The van der Waals surface area contributed by atoms with Gasteiger partial charge in [0, 0.05) is 30.1 Å². The lowest BCUT2D eigenvalue weighted by Crippen LogP contribution is -2.48. The topological polar surface area (TPSA) is 95.1 Å². The Morgan fingerprint density at radius 2 is 2.24 bits per heavy atom. The molecule has 128 valence electrons. The molecule has 1 aliphatic heterocycles. The highest BCUT2D eigenvalue weighted by Gasteiger charge is 2.35. The quantitative estimate of drug-likeness (QED) is 0.784. The fourth-order valence-corrected chi connectivity index (χ4v) is 3.36. The van der Waals surface area contributed by atoms with Crippen LogP contribution in [0.1, 0.15) is 36.6 Å². The minimum Gasteiger partial charge on any atom is -0.343 e. The van der Waals surface area contributed by atoms with Crippen LogP contribution in [-0.4, -0.2) is 26.9 Å². The number of carbonyl (C=O) groups excluding carboxylic acids is 1. The zero-order valence-electron chi connectivity index (χ0n) is 13.4. The summed E-state index contributed by atoms with van der Waals surface area (Å²) in [4.78, 5) is 21.2. The Balaban J connectivity index is 1.67. The van der Waals surface area contributed by atoms with Gasteiger partial charge in [0.2, 0.25) is 0 Å². The predicted octanol–water partition coefficient (Wildman–Crippen LogP) is 2.26. The van der Waals surface area contributed by atoms with Gasteiger partial charge in [0.15, 0.2) is 11.7 Å². The second kappa shape index (κ2) is 6.68. The second-order valence-electron chi connectivity index (χ2n) is 6.03. The third-order valence-corrected chi connectivity index (χ3v) is 4.65. The van der Waals surface area contributed by atoms with Crippen LogP contribution >= 0.6 is 11.6 Å². The van der Waals surface area contributed by atoms with Crippen LogP contribution in [0.4, 0.5) is 0 Å². The van der Waals surface area contributed by atoms with Crippen molar-refractivity contribution in [2.75, 3.05) is 0 Å². The number of aliphatic imine (C=N–C) groups is 1. The van der Waals surface area contributed by atoms with Crippen LogP contribution in [-0.2, 0) is 11.3 Å². The average molecular weight is 357 g/mol. The first-order valence-corrected chi connectivity index (χ1v) is 8.52. The van der Waals surface area contributed by atoms with Crippen LogP contribution in [0.2, 0.25) is 5.02 Å². The Labute approximate surface area is 149 Å². The highest BCUT2D eigenvalue weighted by molar-refractivity contribution is 6.31. The molecular weight excluding hydrogens is 340 g/mol. The van der Waals surface area contributed by atoms with E-state index in [0.717, 1.165) is 29.7 Å². The lowest BCUT2D eigenvalue weighted by atomic mass is 9.87. The van der Waals surface area contributed by atoms with Gasteiger partial charge in [-0.3, -0.25) is 14.9 Å². The molecule has 7 nitrogen and oxygen atoms in total. The van der Waals surface area contributed by atoms with E-state index in [1.807, 2.05) is 12.1 Å². The minimum absolute atomic E-state index is 0.128. The average Bonchev–Trinajstić information content (AvgIpc) is 3.06. The minimum atomic E-state index is -0.369. The number of nitrogens with one attached hydrogen (secondary N) is 3. The number of hydrogen-bond donors (Lipinski definition) is 3. The van der Waals surface area contributed by atoms with Crippen molar-refractivity contribution >= 4 is 23.3 Å². The van der Waals surface area contributed by atoms with Crippen molar-refractivity contribution in [2.45, 2.75) is 31.8 Å². The van der Waals surface area contributed by atoms with Gasteiger partial charge in [-0.05, 0) is 24.5 Å². The van der Waals surface area contributed by atoms with Gasteiger partial charge in [0.25, 0.3) is 0 Å². The number of Topliss-reactive ketones (excluding diaryl/α,β-unsaturated/α-hetero) is 1. The molecule has 2 aromatic rings. The smallest absolute Gasteiger partial charge is 0.196 e. The number of aromatic amines is 1. The summed E-state index contributed by atoms with van der Waals surface area (Å²) in [5.41, 5.74) is 3.32. The molecule has 0 amide bonds. The summed E-state index contributed by atoms with van der Waals surface area (Å²) in [7, 11) is 0. The summed E-state index contributed by atoms with van der Waals surface area (Å²) in [6, 6.07) is 3.48. The van der Waals surface area contributed by atoms with Crippen molar-refractivity contribution in [1.29, 1.82) is 0 Å². The number of rotatable bonds is 3. The van der Waals surface area contributed by atoms with Crippen molar-refractivity contribution < 1.29 is 4.79 Å². The van der Waals surface area contributed by atoms with Crippen LogP contribution in [0.5, 0.6) is 0 Å². The molecule has 0 fully saturated rings. The van der Waals surface area contributed by atoms with Gasteiger partial charge in [-0.25, -0.2) is 4.99 Å². The van der Waals surface area contributed by atoms with Crippen molar-refractivity contribution in [3.8, 4) is 0 Å². The SMILES string of the molecule is O=C1CCCC2=C1C(c1[nH]ncc1Cl)NC(=NCc1cccnc1)N2. The molecule has 2 aromatic heterocycles. The first kappa shape index (κ1) is 15.8. The van der Waals surface area contributed by atoms with Gasteiger partial charge in [-0.2, -0.15) is 5.10 Å². The number of nitrogens with zero attached hydrogens (tertiary/aromatic N) is 3. The van der Waals surface area contributed by atoms with Crippen LogP contribution in [0.3, 0.4) is 0 Å². The Morgan fingerprint density at radius 1 is 1.32 bits per heavy atom. The number of ketones is 1. The van der Waals surface area contributed by atoms with Crippen molar-refractivity contribution in [1.82, 2.24) is 25.8 Å². The summed E-state index contributed by atoms with van der Waals surface area (Å²) < 4.78 is 0. The lowest BCUT2D eigenvalue weighted by Gasteiger charge is -2.33. The molecule has 0 bridgehead atoms. The first-order valence-electron chi connectivity index (χ1n) is 8.14. The first-order chi connectivity index (χ1) is 12.2. The number of guanidine groups is 1. The fourth-order valence-electron chi connectivity index (χ4n) is 3.16. The molecule has 2 aliphatic rings. The number of pyridine rings is 1. The van der Waals surface area contributed by atoms with Crippen LogP contribution < -0.4 is 10.6 Å². The number of allylic oxidation sites excluding steroid dienone is 1.